The molecule has 104 valence electrons. The molecule has 20 heavy (non-hydrogen) atoms. The van der Waals surface area contributed by atoms with Crippen LogP contribution in [0.3, 0.4) is 0 Å². The summed E-state index contributed by atoms with van der Waals surface area (Å²) in [6, 6.07) is 3.97. The molecule has 0 N–H and O–H groups in total. The Morgan fingerprint density at radius 2 is 2.05 bits per heavy atom. The Balaban J connectivity index is 1.94. The Kier molecular flexibility index (Phi) is 3.72. The monoisotopic (exact) mass is 306 g/mol. The Labute approximate surface area is 126 Å². The molecule has 6 heteroatoms. The number of pyridine rings is 1. The second kappa shape index (κ2) is 5.50. The standard InChI is InChI=1S/C14H15ClN4S/c1-9-3-4-12-14(16-9)19(13(7-15)18-12)6-5-11-8-20-10(2)17-11/h3-4,8H,5-7H2,1-2H3. The second-order valence-electron chi connectivity index (χ2n) is 4.72. The molecule has 0 fully saturated rings. The van der Waals surface area contributed by atoms with Crippen molar-refractivity contribution in [3.63, 3.8) is 0 Å². The van der Waals surface area contributed by atoms with Crippen molar-refractivity contribution in [3.05, 3.63) is 39.7 Å². The lowest BCUT2D eigenvalue weighted by Crippen LogP contribution is -2.06. The van der Waals surface area contributed by atoms with Crippen LogP contribution in [0.5, 0.6) is 0 Å². The molecule has 0 atom stereocenters. The van der Waals surface area contributed by atoms with Gasteiger partial charge in [-0.1, -0.05) is 0 Å². The van der Waals surface area contributed by atoms with Crippen LogP contribution in [0.4, 0.5) is 0 Å². The number of hydrogen-bond donors (Lipinski definition) is 0. The lowest BCUT2D eigenvalue weighted by Gasteiger charge is -2.06. The molecule has 0 saturated carbocycles. The molecular weight excluding hydrogens is 292 g/mol. The molecule has 0 aliphatic carbocycles. The largest absolute Gasteiger partial charge is 0.311 e. The number of hydrogen-bond acceptors (Lipinski definition) is 4. The van der Waals surface area contributed by atoms with Gasteiger partial charge < -0.3 is 4.57 Å². The number of halogens is 1. The number of aryl methyl sites for hydroxylation is 4. The van der Waals surface area contributed by atoms with Crippen molar-refractivity contribution in [2.24, 2.45) is 0 Å². The van der Waals surface area contributed by atoms with Gasteiger partial charge >= 0.3 is 0 Å². The fourth-order valence-electron chi connectivity index (χ4n) is 2.23. The fourth-order valence-corrected chi connectivity index (χ4v) is 3.08. The van der Waals surface area contributed by atoms with Crippen LogP contribution in [0.1, 0.15) is 22.2 Å². The summed E-state index contributed by atoms with van der Waals surface area (Å²) in [5.41, 5.74) is 3.92. The SMILES string of the molecule is Cc1ccc2nc(CCl)n(CCc3csc(C)n3)c2n1. The summed E-state index contributed by atoms with van der Waals surface area (Å²) in [7, 11) is 0. The molecule has 0 amide bonds. The van der Waals surface area contributed by atoms with Gasteiger partial charge in [-0.25, -0.2) is 15.0 Å². The maximum Gasteiger partial charge on any atom is 0.160 e. The molecule has 3 aromatic rings. The van der Waals surface area contributed by atoms with Gasteiger partial charge in [0, 0.05) is 24.0 Å². The third-order valence-electron chi connectivity index (χ3n) is 3.19. The molecule has 3 rings (SSSR count). The van der Waals surface area contributed by atoms with Crippen molar-refractivity contribution in [1.29, 1.82) is 0 Å². The summed E-state index contributed by atoms with van der Waals surface area (Å²) in [6.45, 7) is 4.81. The minimum atomic E-state index is 0.394. The topological polar surface area (TPSA) is 43.6 Å². The molecule has 0 aromatic carbocycles. The number of thiazole rings is 1. The zero-order valence-electron chi connectivity index (χ0n) is 11.4. The van der Waals surface area contributed by atoms with Crippen LogP contribution >= 0.6 is 22.9 Å². The van der Waals surface area contributed by atoms with Gasteiger partial charge in [0.15, 0.2) is 5.65 Å². The molecule has 0 saturated heterocycles. The molecule has 0 aliphatic heterocycles. The third kappa shape index (κ3) is 2.55. The van der Waals surface area contributed by atoms with Crippen LogP contribution in [0.15, 0.2) is 17.5 Å². The minimum absolute atomic E-state index is 0.394. The summed E-state index contributed by atoms with van der Waals surface area (Å²) in [5.74, 6) is 1.26. The number of rotatable bonds is 4. The van der Waals surface area contributed by atoms with E-state index in [-0.39, 0.29) is 0 Å². The number of fused-ring (bicyclic) bond motifs is 1. The van der Waals surface area contributed by atoms with Crippen LogP contribution in [-0.4, -0.2) is 19.5 Å². The van der Waals surface area contributed by atoms with Gasteiger partial charge in [-0.3, -0.25) is 0 Å². The fraction of sp³-hybridized carbons (Fsp3) is 0.357. The first-order valence-corrected chi connectivity index (χ1v) is 7.88. The summed E-state index contributed by atoms with van der Waals surface area (Å²) in [4.78, 5) is 13.6. The van der Waals surface area contributed by atoms with E-state index >= 15 is 0 Å². The Hall–Kier alpha value is -1.46. The Bertz CT molecular complexity index is 747. The van der Waals surface area contributed by atoms with Crippen LogP contribution in [0, 0.1) is 13.8 Å². The first-order chi connectivity index (χ1) is 9.67. The van der Waals surface area contributed by atoms with E-state index in [0.717, 1.165) is 46.3 Å². The van der Waals surface area contributed by atoms with Gasteiger partial charge in [0.2, 0.25) is 0 Å². The van der Waals surface area contributed by atoms with E-state index < -0.39 is 0 Å². The highest BCUT2D eigenvalue weighted by Crippen LogP contribution is 2.18. The smallest absolute Gasteiger partial charge is 0.160 e. The minimum Gasteiger partial charge on any atom is -0.311 e. The first-order valence-electron chi connectivity index (χ1n) is 6.47. The number of imidazole rings is 1. The average Bonchev–Trinajstić information content (AvgIpc) is 2.99. The Morgan fingerprint density at radius 1 is 1.20 bits per heavy atom. The zero-order chi connectivity index (χ0) is 14.1. The highest BCUT2D eigenvalue weighted by molar-refractivity contribution is 7.09. The van der Waals surface area contributed by atoms with Gasteiger partial charge in [-0.15, -0.1) is 22.9 Å². The van der Waals surface area contributed by atoms with E-state index in [4.69, 9.17) is 11.6 Å². The van der Waals surface area contributed by atoms with Crippen molar-refractivity contribution in [1.82, 2.24) is 19.5 Å². The van der Waals surface area contributed by atoms with E-state index in [0.29, 0.717) is 5.88 Å². The van der Waals surface area contributed by atoms with Crippen LogP contribution < -0.4 is 0 Å². The van der Waals surface area contributed by atoms with E-state index in [2.05, 4.69) is 24.9 Å². The number of nitrogens with zero attached hydrogens (tertiary/aromatic N) is 4. The van der Waals surface area contributed by atoms with Gasteiger partial charge in [-0.2, -0.15) is 0 Å². The lowest BCUT2D eigenvalue weighted by atomic mass is 10.3. The van der Waals surface area contributed by atoms with E-state index in [9.17, 15) is 0 Å². The summed E-state index contributed by atoms with van der Waals surface area (Å²) < 4.78 is 2.10. The zero-order valence-corrected chi connectivity index (χ0v) is 13.0. The average molecular weight is 307 g/mol. The quantitative estimate of drug-likeness (QED) is 0.693. The van der Waals surface area contributed by atoms with Crippen molar-refractivity contribution in [3.8, 4) is 0 Å². The summed E-state index contributed by atoms with van der Waals surface area (Å²) in [5, 5.41) is 3.20. The maximum absolute atomic E-state index is 6.00. The van der Waals surface area contributed by atoms with E-state index in [1.54, 1.807) is 11.3 Å². The third-order valence-corrected chi connectivity index (χ3v) is 4.25. The molecule has 4 nitrogen and oxygen atoms in total. The van der Waals surface area contributed by atoms with Gasteiger partial charge in [0.05, 0.1) is 16.6 Å². The summed E-state index contributed by atoms with van der Waals surface area (Å²) in [6.07, 6.45) is 0.870. The van der Waals surface area contributed by atoms with E-state index in [1.807, 2.05) is 26.0 Å². The van der Waals surface area contributed by atoms with Crippen LogP contribution in [0.2, 0.25) is 0 Å². The molecule has 0 aliphatic rings. The van der Waals surface area contributed by atoms with Crippen molar-refractivity contribution >= 4 is 34.1 Å². The van der Waals surface area contributed by atoms with Crippen LogP contribution in [-0.2, 0) is 18.8 Å². The first kappa shape index (κ1) is 13.5. The van der Waals surface area contributed by atoms with Gasteiger partial charge in [0.1, 0.15) is 11.3 Å². The van der Waals surface area contributed by atoms with Gasteiger partial charge in [-0.05, 0) is 26.0 Å². The molecule has 0 unspecified atom stereocenters. The van der Waals surface area contributed by atoms with Crippen molar-refractivity contribution < 1.29 is 0 Å². The van der Waals surface area contributed by atoms with E-state index in [1.165, 1.54) is 0 Å². The number of alkyl halides is 1. The Morgan fingerprint density at radius 3 is 2.75 bits per heavy atom. The highest BCUT2D eigenvalue weighted by Gasteiger charge is 2.11. The molecule has 0 spiro atoms. The van der Waals surface area contributed by atoms with Crippen molar-refractivity contribution in [2.45, 2.75) is 32.7 Å². The molecule has 0 radical (unpaired) electrons. The predicted molar refractivity (Wildman–Crippen MR) is 82.4 cm³/mol. The highest BCUT2D eigenvalue weighted by atomic mass is 35.5. The van der Waals surface area contributed by atoms with Crippen molar-refractivity contribution in [2.75, 3.05) is 0 Å². The van der Waals surface area contributed by atoms with Crippen LogP contribution in [0.25, 0.3) is 11.2 Å². The molecule has 0 bridgehead atoms. The molecular formula is C14H15ClN4S. The predicted octanol–water partition coefficient (Wildman–Crippen LogP) is 3.49. The second-order valence-corrected chi connectivity index (χ2v) is 6.05. The number of aromatic nitrogens is 4. The summed E-state index contributed by atoms with van der Waals surface area (Å²) >= 11 is 7.68. The normalized spacial score (nSPS) is 11.3. The van der Waals surface area contributed by atoms with Gasteiger partial charge in [0.25, 0.3) is 0 Å². The molecule has 3 heterocycles. The molecule has 3 aromatic heterocycles. The lowest BCUT2D eigenvalue weighted by molar-refractivity contribution is 0.674. The maximum atomic E-state index is 6.00.